The average molecular weight is 386 g/mol. The van der Waals surface area contributed by atoms with Gasteiger partial charge < -0.3 is 4.90 Å². The van der Waals surface area contributed by atoms with E-state index >= 15 is 0 Å². The molecule has 1 aromatic heterocycles. The predicted molar refractivity (Wildman–Crippen MR) is 106 cm³/mol. The Balaban J connectivity index is 1.51. The van der Waals surface area contributed by atoms with Crippen molar-refractivity contribution in [2.75, 3.05) is 5.75 Å². The Morgan fingerprint density at radius 2 is 1.93 bits per heavy atom. The lowest BCUT2D eigenvalue weighted by molar-refractivity contribution is -0.134. The predicted octanol–water partition coefficient (Wildman–Crippen LogP) is 3.42. The van der Waals surface area contributed by atoms with E-state index in [0.717, 1.165) is 31.4 Å². The van der Waals surface area contributed by atoms with Gasteiger partial charge in [0.1, 0.15) is 0 Å². The molecule has 2 aliphatic rings. The number of nitrogens with zero attached hydrogens (tertiary/aromatic N) is 5. The summed E-state index contributed by atoms with van der Waals surface area (Å²) < 4.78 is 1.81. The molecule has 0 bridgehead atoms. The normalized spacial score (nSPS) is 22.5. The molecule has 1 fully saturated rings. The highest BCUT2D eigenvalue weighted by atomic mass is 32.2. The van der Waals surface area contributed by atoms with Crippen molar-refractivity contribution >= 4 is 17.7 Å². The number of aromatic nitrogens is 4. The first kappa shape index (κ1) is 18.5. The second kappa shape index (κ2) is 8.00. The third kappa shape index (κ3) is 3.74. The van der Waals surface area contributed by atoms with Gasteiger partial charge in [-0.2, -0.15) is 4.68 Å². The Kier molecular flexibility index (Phi) is 5.48. The number of hydrogen-bond donors (Lipinski definition) is 0. The van der Waals surface area contributed by atoms with E-state index in [1.165, 1.54) is 42.2 Å². The van der Waals surface area contributed by atoms with Crippen LogP contribution in [0.25, 0.3) is 5.69 Å². The summed E-state index contributed by atoms with van der Waals surface area (Å²) in [6, 6.07) is 7.01. The van der Waals surface area contributed by atoms with E-state index in [4.69, 9.17) is 0 Å². The molecular weight excluding hydrogens is 358 g/mol. The van der Waals surface area contributed by atoms with E-state index in [-0.39, 0.29) is 5.91 Å². The number of benzene rings is 1. The molecule has 6 nitrogen and oxygen atoms in total. The number of amides is 1. The quantitative estimate of drug-likeness (QED) is 0.755. The molecule has 2 heterocycles. The van der Waals surface area contributed by atoms with Crippen LogP contribution in [0.3, 0.4) is 0 Å². The van der Waals surface area contributed by atoms with E-state index in [1.807, 2.05) is 4.68 Å². The van der Waals surface area contributed by atoms with Gasteiger partial charge in [-0.15, -0.1) is 5.10 Å². The maximum absolute atomic E-state index is 12.8. The first-order valence-corrected chi connectivity index (χ1v) is 11.0. The maximum Gasteiger partial charge on any atom is 0.233 e. The van der Waals surface area contributed by atoms with Crippen LogP contribution in [0.15, 0.2) is 23.4 Å². The van der Waals surface area contributed by atoms with Gasteiger partial charge >= 0.3 is 0 Å². The smallest absolute Gasteiger partial charge is 0.233 e. The van der Waals surface area contributed by atoms with Crippen LogP contribution in [0.4, 0.5) is 0 Å². The largest absolute Gasteiger partial charge is 0.337 e. The molecule has 1 amide bonds. The first-order valence-electron chi connectivity index (χ1n) is 9.98. The van der Waals surface area contributed by atoms with Crippen molar-refractivity contribution in [2.45, 2.75) is 76.0 Å². The molecule has 1 aliphatic heterocycles. The topological polar surface area (TPSA) is 63.9 Å². The number of fused-ring (bicyclic) bond motifs is 1. The fraction of sp³-hybridized carbons (Fsp3) is 0.600. The van der Waals surface area contributed by atoms with Crippen molar-refractivity contribution in [2.24, 2.45) is 0 Å². The lowest BCUT2D eigenvalue weighted by Gasteiger charge is -2.39. The zero-order chi connectivity index (χ0) is 18.8. The molecule has 0 saturated carbocycles. The van der Waals surface area contributed by atoms with Gasteiger partial charge in [0, 0.05) is 12.1 Å². The molecule has 0 N–H and O–H groups in total. The highest BCUT2D eigenvalue weighted by molar-refractivity contribution is 7.99. The van der Waals surface area contributed by atoms with Crippen molar-refractivity contribution in [3.05, 3.63) is 29.3 Å². The minimum absolute atomic E-state index is 0.185. The summed E-state index contributed by atoms with van der Waals surface area (Å²) in [5, 5.41) is 13.0. The van der Waals surface area contributed by atoms with Crippen molar-refractivity contribution in [1.82, 2.24) is 25.1 Å². The number of carbonyl (C=O) groups is 1. The number of tetrazole rings is 1. The fourth-order valence-electron chi connectivity index (χ4n) is 4.49. The number of rotatable bonds is 4. The lowest BCUT2D eigenvalue weighted by Crippen LogP contribution is -2.48. The van der Waals surface area contributed by atoms with Gasteiger partial charge in [0.25, 0.3) is 0 Å². The Bertz CT molecular complexity index is 810. The summed E-state index contributed by atoms with van der Waals surface area (Å²) in [5.74, 6) is 0.564. The third-order valence-electron chi connectivity index (χ3n) is 5.85. The number of hydrogen-bond acceptors (Lipinski definition) is 5. The van der Waals surface area contributed by atoms with Crippen LogP contribution >= 0.6 is 11.8 Å². The summed E-state index contributed by atoms with van der Waals surface area (Å²) in [6.45, 7) is 4.30. The van der Waals surface area contributed by atoms with Crippen LogP contribution in [0.5, 0.6) is 0 Å². The fourth-order valence-corrected chi connectivity index (χ4v) is 5.25. The Morgan fingerprint density at radius 3 is 2.74 bits per heavy atom. The standard InChI is InChI=1S/C20H27N5OS/c1-14-7-5-8-15(2)24(14)19(26)13-27-20-21-22-23-25(20)18-12-6-10-16-9-3-4-11-17(16)18/h6,10,12,14-15H,3-5,7-9,11,13H2,1-2H3/t14-,15+. The van der Waals surface area contributed by atoms with Crippen LogP contribution in [0.2, 0.25) is 0 Å². The van der Waals surface area contributed by atoms with Gasteiger partial charge in [-0.1, -0.05) is 23.9 Å². The lowest BCUT2D eigenvalue weighted by atomic mass is 9.90. The summed E-state index contributed by atoms with van der Waals surface area (Å²) in [7, 11) is 0. The Morgan fingerprint density at radius 1 is 1.15 bits per heavy atom. The summed E-state index contributed by atoms with van der Waals surface area (Å²) in [5.41, 5.74) is 3.81. The van der Waals surface area contributed by atoms with Gasteiger partial charge in [-0.25, -0.2) is 0 Å². The SMILES string of the molecule is C[C@@H]1CCC[C@H](C)N1C(=O)CSc1nnnn1-c1cccc2c1CCCC2. The van der Waals surface area contributed by atoms with E-state index in [2.05, 4.69) is 52.5 Å². The van der Waals surface area contributed by atoms with Crippen LogP contribution in [0.1, 0.15) is 57.1 Å². The van der Waals surface area contributed by atoms with E-state index in [0.29, 0.717) is 23.0 Å². The number of thioether (sulfide) groups is 1. The highest BCUT2D eigenvalue weighted by Crippen LogP contribution is 2.29. The first-order chi connectivity index (χ1) is 13.1. The molecule has 2 aromatic rings. The molecule has 2 atom stereocenters. The minimum Gasteiger partial charge on any atom is -0.337 e. The maximum atomic E-state index is 12.8. The van der Waals surface area contributed by atoms with Crippen LogP contribution in [0, 0.1) is 0 Å². The number of aryl methyl sites for hydroxylation is 1. The number of likely N-dealkylation sites (tertiary alicyclic amines) is 1. The van der Waals surface area contributed by atoms with Gasteiger partial charge in [0.2, 0.25) is 11.1 Å². The van der Waals surface area contributed by atoms with Gasteiger partial charge in [-0.3, -0.25) is 4.79 Å². The molecule has 1 aromatic carbocycles. The van der Waals surface area contributed by atoms with Gasteiger partial charge in [-0.05, 0) is 86.4 Å². The molecule has 4 rings (SSSR count). The Labute approximate surface area is 164 Å². The molecule has 1 saturated heterocycles. The van der Waals surface area contributed by atoms with Gasteiger partial charge in [0.15, 0.2) is 0 Å². The molecule has 0 spiro atoms. The van der Waals surface area contributed by atoms with Crippen molar-refractivity contribution in [3.8, 4) is 5.69 Å². The molecule has 144 valence electrons. The monoisotopic (exact) mass is 385 g/mol. The van der Waals surface area contributed by atoms with Crippen LogP contribution in [-0.4, -0.2) is 48.9 Å². The summed E-state index contributed by atoms with van der Waals surface area (Å²) >= 11 is 1.44. The number of carbonyl (C=O) groups excluding carboxylic acids is 1. The van der Waals surface area contributed by atoms with E-state index in [1.54, 1.807) is 0 Å². The van der Waals surface area contributed by atoms with E-state index in [9.17, 15) is 4.79 Å². The molecule has 27 heavy (non-hydrogen) atoms. The van der Waals surface area contributed by atoms with Gasteiger partial charge in [0.05, 0.1) is 11.4 Å². The van der Waals surface area contributed by atoms with Crippen molar-refractivity contribution in [1.29, 1.82) is 0 Å². The summed E-state index contributed by atoms with van der Waals surface area (Å²) in [4.78, 5) is 14.9. The van der Waals surface area contributed by atoms with Crippen LogP contribution in [-0.2, 0) is 17.6 Å². The second-order valence-corrected chi connectivity index (χ2v) is 8.66. The van der Waals surface area contributed by atoms with Crippen molar-refractivity contribution < 1.29 is 4.79 Å². The van der Waals surface area contributed by atoms with Crippen LogP contribution < -0.4 is 0 Å². The molecule has 0 radical (unpaired) electrons. The summed E-state index contributed by atoms with van der Waals surface area (Å²) in [6.07, 6.45) is 8.03. The molecule has 7 heteroatoms. The third-order valence-corrected chi connectivity index (χ3v) is 6.75. The zero-order valence-electron chi connectivity index (χ0n) is 16.1. The second-order valence-electron chi connectivity index (χ2n) is 7.71. The average Bonchev–Trinajstić information content (AvgIpc) is 3.14. The number of piperidine rings is 1. The highest BCUT2D eigenvalue weighted by Gasteiger charge is 2.29. The zero-order valence-corrected chi connectivity index (χ0v) is 16.9. The molecule has 0 unspecified atom stereocenters. The Hall–Kier alpha value is -1.89. The molecule has 1 aliphatic carbocycles. The molecular formula is C20H27N5OS. The van der Waals surface area contributed by atoms with Crippen molar-refractivity contribution in [3.63, 3.8) is 0 Å². The van der Waals surface area contributed by atoms with E-state index < -0.39 is 0 Å². The minimum atomic E-state index is 0.185.